The smallest absolute Gasteiger partial charge is 0.230 e. The second kappa shape index (κ2) is 4.50. The van der Waals surface area contributed by atoms with Gasteiger partial charge in [-0.2, -0.15) is 0 Å². The van der Waals surface area contributed by atoms with Crippen LogP contribution in [0.5, 0.6) is 0 Å². The van der Waals surface area contributed by atoms with Gasteiger partial charge < -0.3 is 4.90 Å². The molecule has 0 saturated carbocycles. The van der Waals surface area contributed by atoms with Gasteiger partial charge in [0.25, 0.3) is 0 Å². The Bertz CT molecular complexity index is 252. The van der Waals surface area contributed by atoms with E-state index in [1.165, 1.54) is 0 Å². The predicted octanol–water partition coefficient (Wildman–Crippen LogP) is -0.444. The van der Waals surface area contributed by atoms with Crippen molar-refractivity contribution in [3.63, 3.8) is 0 Å². The number of piperidine rings is 1. The number of likely N-dealkylation sites (tertiary alicyclic amines) is 1. The van der Waals surface area contributed by atoms with Crippen LogP contribution in [0.2, 0.25) is 0 Å². The van der Waals surface area contributed by atoms with Crippen LogP contribution in [-0.4, -0.2) is 45.9 Å². The summed E-state index contributed by atoms with van der Waals surface area (Å²) in [6.07, 6.45) is 2.08. The Kier molecular flexibility index (Phi) is 3.59. The Morgan fingerprint density at radius 3 is 2.69 bits per heavy atom. The zero-order valence-electron chi connectivity index (χ0n) is 7.62. The highest BCUT2D eigenvalue weighted by Crippen LogP contribution is 2.06. The van der Waals surface area contributed by atoms with Crippen molar-refractivity contribution in [3.8, 4) is 0 Å². The molecule has 13 heavy (non-hydrogen) atoms. The topological polar surface area (TPSA) is 54.5 Å². The molecular formula is C8H13NO3S. The average molecular weight is 203 g/mol. The third-order valence-corrected chi connectivity index (χ3v) is 2.77. The zero-order valence-corrected chi connectivity index (χ0v) is 8.43. The van der Waals surface area contributed by atoms with Crippen LogP contribution >= 0.6 is 0 Å². The van der Waals surface area contributed by atoms with E-state index < -0.39 is 10.8 Å². The second-order valence-electron chi connectivity index (χ2n) is 3.12. The lowest BCUT2D eigenvalue weighted by molar-refractivity contribution is -0.139. The molecule has 0 aromatic carbocycles. The van der Waals surface area contributed by atoms with Crippen LogP contribution in [0.3, 0.4) is 0 Å². The third kappa shape index (κ3) is 3.26. The Labute approximate surface area is 79.7 Å². The molecule has 0 aromatic rings. The van der Waals surface area contributed by atoms with E-state index in [4.69, 9.17) is 0 Å². The highest BCUT2D eigenvalue weighted by molar-refractivity contribution is 7.84. The summed E-state index contributed by atoms with van der Waals surface area (Å²) in [6, 6.07) is 0. The molecule has 0 aliphatic carbocycles. The van der Waals surface area contributed by atoms with Crippen LogP contribution in [0, 0.1) is 0 Å². The molecule has 1 heterocycles. The molecule has 0 spiro atoms. The minimum Gasteiger partial charge on any atom is -0.341 e. The van der Waals surface area contributed by atoms with E-state index in [2.05, 4.69) is 0 Å². The second-order valence-corrected chi connectivity index (χ2v) is 4.68. The fraction of sp³-hybridized carbons (Fsp3) is 0.750. The Balaban J connectivity index is 2.38. The fourth-order valence-corrected chi connectivity index (χ4v) is 1.71. The summed E-state index contributed by atoms with van der Waals surface area (Å²) in [6.45, 7) is 1.00. The van der Waals surface area contributed by atoms with E-state index >= 15 is 0 Å². The lowest BCUT2D eigenvalue weighted by atomic mass is 10.1. The van der Waals surface area contributed by atoms with Crippen molar-refractivity contribution in [2.75, 3.05) is 25.1 Å². The van der Waals surface area contributed by atoms with Gasteiger partial charge >= 0.3 is 0 Å². The molecule has 0 radical (unpaired) electrons. The lowest BCUT2D eigenvalue weighted by Gasteiger charge is -2.25. The number of carbonyl (C=O) groups excluding carboxylic acids is 2. The first-order valence-corrected chi connectivity index (χ1v) is 5.92. The van der Waals surface area contributed by atoms with E-state index in [0.717, 1.165) is 0 Å². The first-order valence-electron chi connectivity index (χ1n) is 4.19. The Morgan fingerprint density at radius 2 is 2.15 bits per heavy atom. The number of ketones is 1. The summed E-state index contributed by atoms with van der Waals surface area (Å²) < 4.78 is 10.8. The molecule has 1 aliphatic rings. The lowest BCUT2D eigenvalue weighted by Crippen LogP contribution is -2.40. The van der Waals surface area contributed by atoms with Gasteiger partial charge in [0.1, 0.15) is 5.78 Å². The molecule has 4 nitrogen and oxygen atoms in total. The summed E-state index contributed by atoms with van der Waals surface area (Å²) in [4.78, 5) is 23.7. The van der Waals surface area contributed by atoms with Gasteiger partial charge in [-0.3, -0.25) is 13.8 Å². The summed E-state index contributed by atoms with van der Waals surface area (Å²) in [5.74, 6) is 0.389. The van der Waals surface area contributed by atoms with Crippen LogP contribution < -0.4 is 0 Å². The van der Waals surface area contributed by atoms with Crippen LogP contribution in [0.15, 0.2) is 0 Å². The van der Waals surface area contributed by atoms with Crippen molar-refractivity contribution < 1.29 is 13.8 Å². The summed E-state index contributed by atoms with van der Waals surface area (Å²) in [5.41, 5.74) is 0. The van der Waals surface area contributed by atoms with Gasteiger partial charge in [-0.1, -0.05) is 0 Å². The Hall–Kier alpha value is -0.710. The van der Waals surface area contributed by atoms with E-state index in [1.807, 2.05) is 0 Å². The molecule has 1 rings (SSSR count). The minimum absolute atomic E-state index is 0.0128. The molecule has 1 atom stereocenters. The minimum atomic E-state index is -0.870. The maximum Gasteiger partial charge on any atom is 0.230 e. The number of rotatable bonds is 3. The standard InChI is InChI=1S/C8H13NO3S/c1-13(12)5-4-9-3-2-7(10)6-8(9)11/h2-6H2,1H3. The number of hydrogen-bond donors (Lipinski definition) is 0. The summed E-state index contributed by atoms with van der Waals surface area (Å²) in [5, 5.41) is 0. The van der Waals surface area contributed by atoms with Gasteiger partial charge in [-0.15, -0.1) is 0 Å². The summed E-state index contributed by atoms with van der Waals surface area (Å²) >= 11 is 0. The largest absolute Gasteiger partial charge is 0.341 e. The molecule has 0 bridgehead atoms. The monoisotopic (exact) mass is 203 g/mol. The normalized spacial score (nSPS) is 20.5. The van der Waals surface area contributed by atoms with E-state index in [1.54, 1.807) is 11.2 Å². The first-order chi connectivity index (χ1) is 6.09. The SMILES string of the molecule is CS(=O)CCN1CCC(=O)CC1=O. The molecule has 0 N–H and O–H groups in total. The number of hydrogen-bond acceptors (Lipinski definition) is 3. The number of amides is 1. The molecular weight excluding hydrogens is 190 g/mol. The van der Waals surface area contributed by atoms with E-state index in [-0.39, 0.29) is 18.1 Å². The van der Waals surface area contributed by atoms with Gasteiger partial charge in [0.2, 0.25) is 5.91 Å². The molecule has 1 aliphatic heterocycles. The molecule has 74 valence electrons. The van der Waals surface area contributed by atoms with Crippen molar-refractivity contribution in [1.82, 2.24) is 4.90 Å². The van der Waals surface area contributed by atoms with Crippen LogP contribution in [0.25, 0.3) is 0 Å². The van der Waals surface area contributed by atoms with Gasteiger partial charge in [-0.05, 0) is 0 Å². The maximum atomic E-state index is 11.2. The van der Waals surface area contributed by atoms with Crippen molar-refractivity contribution in [3.05, 3.63) is 0 Å². The van der Waals surface area contributed by atoms with Gasteiger partial charge in [0.15, 0.2) is 0 Å². The van der Waals surface area contributed by atoms with Crippen molar-refractivity contribution >= 4 is 22.5 Å². The number of nitrogens with zero attached hydrogens (tertiary/aromatic N) is 1. The molecule has 1 unspecified atom stereocenters. The third-order valence-electron chi connectivity index (χ3n) is 2.01. The maximum absolute atomic E-state index is 11.2. The molecule has 5 heteroatoms. The van der Waals surface area contributed by atoms with Gasteiger partial charge in [0.05, 0.1) is 6.42 Å². The van der Waals surface area contributed by atoms with Crippen LogP contribution in [0.4, 0.5) is 0 Å². The van der Waals surface area contributed by atoms with E-state index in [0.29, 0.717) is 25.3 Å². The van der Waals surface area contributed by atoms with Crippen molar-refractivity contribution in [2.24, 2.45) is 0 Å². The number of carbonyl (C=O) groups is 2. The highest BCUT2D eigenvalue weighted by atomic mass is 32.2. The number of Topliss-reactive ketones (excluding diaryl/α,β-unsaturated/α-hetero) is 1. The molecule has 0 aromatic heterocycles. The van der Waals surface area contributed by atoms with E-state index in [9.17, 15) is 13.8 Å². The quantitative estimate of drug-likeness (QED) is 0.584. The zero-order chi connectivity index (χ0) is 9.84. The average Bonchev–Trinajstić information content (AvgIpc) is 2.02. The molecule has 1 saturated heterocycles. The van der Waals surface area contributed by atoms with Crippen LogP contribution in [-0.2, 0) is 20.4 Å². The van der Waals surface area contributed by atoms with Gasteiger partial charge in [0, 0.05) is 42.3 Å². The van der Waals surface area contributed by atoms with Crippen molar-refractivity contribution in [2.45, 2.75) is 12.8 Å². The molecule has 1 amide bonds. The predicted molar refractivity (Wildman–Crippen MR) is 49.8 cm³/mol. The van der Waals surface area contributed by atoms with Crippen LogP contribution in [0.1, 0.15) is 12.8 Å². The highest BCUT2D eigenvalue weighted by Gasteiger charge is 2.23. The van der Waals surface area contributed by atoms with Gasteiger partial charge in [-0.25, -0.2) is 0 Å². The first kappa shape index (κ1) is 10.4. The summed E-state index contributed by atoms with van der Waals surface area (Å²) in [7, 11) is -0.870. The fourth-order valence-electron chi connectivity index (χ4n) is 1.23. The van der Waals surface area contributed by atoms with Crippen molar-refractivity contribution in [1.29, 1.82) is 0 Å². The Morgan fingerprint density at radius 1 is 1.46 bits per heavy atom. The molecule has 1 fully saturated rings.